The molecule has 0 amide bonds. The van der Waals surface area contributed by atoms with Gasteiger partial charge < -0.3 is 9.84 Å². The highest BCUT2D eigenvalue weighted by atomic mass is 16.5. The lowest BCUT2D eigenvalue weighted by atomic mass is 10.0. The molecule has 5 heteroatoms. The quantitative estimate of drug-likeness (QED) is 0.865. The second-order valence-electron chi connectivity index (χ2n) is 3.91. The molecule has 17 heavy (non-hydrogen) atoms. The van der Waals surface area contributed by atoms with Crippen LogP contribution in [-0.2, 0) is 7.05 Å². The highest BCUT2D eigenvalue weighted by molar-refractivity contribution is 5.39. The van der Waals surface area contributed by atoms with Gasteiger partial charge in [0.05, 0.1) is 19.0 Å². The second kappa shape index (κ2) is 4.55. The van der Waals surface area contributed by atoms with Gasteiger partial charge in [0.25, 0.3) is 0 Å². The van der Waals surface area contributed by atoms with E-state index in [-0.39, 0.29) is 0 Å². The van der Waals surface area contributed by atoms with Gasteiger partial charge in [-0.2, -0.15) is 0 Å². The highest BCUT2D eigenvalue weighted by Gasteiger charge is 2.15. The van der Waals surface area contributed by atoms with Gasteiger partial charge in [-0.1, -0.05) is 17.3 Å². The summed E-state index contributed by atoms with van der Waals surface area (Å²) in [6.07, 6.45) is 0.807. The molecule has 1 N–H and O–H groups in total. The smallest absolute Gasteiger partial charge is 0.122 e. The zero-order valence-electron chi connectivity index (χ0n) is 10.1. The fraction of sp³-hybridized carbons (Fsp3) is 0.333. The molecule has 1 unspecified atom stereocenters. The van der Waals surface area contributed by atoms with E-state index in [4.69, 9.17) is 4.74 Å². The van der Waals surface area contributed by atoms with E-state index in [1.54, 1.807) is 25.0 Å². The third-order valence-electron chi connectivity index (χ3n) is 2.78. The molecule has 1 atom stereocenters. The largest absolute Gasteiger partial charge is 0.496 e. The van der Waals surface area contributed by atoms with Crippen LogP contribution in [0.25, 0.3) is 0 Å². The first-order chi connectivity index (χ1) is 8.13. The number of aryl methyl sites for hydroxylation is 2. The molecule has 0 fully saturated rings. The minimum atomic E-state index is -0.746. The summed E-state index contributed by atoms with van der Waals surface area (Å²) in [7, 11) is 3.36. The van der Waals surface area contributed by atoms with Crippen LogP contribution in [0, 0.1) is 6.92 Å². The van der Waals surface area contributed by atoms with Crippen LogP contribution >= 0.6 is 0 Å². The van der Waals surface area contributed by atoms with E-state index in [2.05, 4.69) is 10.3 Å². The highest BCUT2D eigenvalue weighted by Crippen LogP contribution is 2.26. The summed E-state index contributed by atoms with van der Waals surface area (Å²) in [6.45, 7) is 1.96. The van der Waals surface area contributed by atoms with Crippen molar-refractivity contribution in [3.8, 4) is 5.75 Å². The lowest BCUT2D eigenvalue weighted by Crippen LogP contribution is -2.07. The number of aromatic nitrogens is 3. The molecule has 0 spiro atoms. The SMILES string of the molecule is COc1cc(C(O)c2cnnn2C)ccc1C. The van der Waals surface area contributed by atoms with Crippen molar-refractivity contribution < 1.29 is 9.84 Å². The van der Waals surface area contributed by atoms with Gasteiger partial charge in [0.2, 0.25) is 0 Å². The summed E-state index contributed by atoms with van der Waals surface area (Å²) in [4.78, 5) is 0. The number of aliphatic hydroxyl groups is 1. The van der Waals surface area contributed by atoms with Crippen molar-refractivity contribution >= 4 is 0 Å². The molecule has 1 aromatic carbocycles. The van der Waals surface area contributed by atoms with Crippen LogP contribution in [0.4, 0.5) is 0 Å². The Morgan fingerprint density at radius 1 is 1.41 bits per heavy atom. The molecule has 1 aromatic heterocycles. The molecule has 0 aliphatic heterocycles. The summed E-state index contributed by atoms with van der Waals surface area (Å²) in [5.41, 5.74) is 2.44. The number of hydrogen-bond donors (Lipinski definition) is 1. The molecule has 0 bridgehead atoms. The van der Waals surface area contributed by atoms with Crippen LogP contribution < -0.4 is 4.74 Å². The van der Waals surface area contributed by atoms with E-state index in [0.29, 0.717) is 5.69 Å². The Morgan fingerprint density at radius 3 is 2.76 bits per heavy atom. The third kappa shape index (κ3) is 2.14. The van der Waals surface area contributed by atoms with E-state index < -0.39 is 6.10 Å². The Hall–Kier alpha value is -1.88. The first kappa shape index (κ1) is 11.6. The van der Waals surface area contributed by atoms with Crippen molar-refractivity contribution in [1.82, 2.24) is 15.0 Å². The summed E-state index contributed by atoms with van der Waals surface area (Å²) in [6, 6.07) is 5.61. The fourth-order valence-electron chi connectivity index (χ4n) is 1.72. The van der Waals surface area contributed by atoms with Gasteiger partial charge in [-0.15, -0.1) is 5.10 Å². The van der Waals surface area contributed by atoms with Gasteiger partial charge >= 0.3 is 0 Å². The molecule has 2 rings (SSSR count). The molecule has 5 nitrogen and oxygen atoms in total. The van der Waals surface area contributed by atoms with Gasteiger partial charge in [0.1, 0.15) is 11.9 Å². The van der Waals surface area contributed by atoms with Crippen molar-refractivity contribution in [3.05, 3.63) is 41.2 Å². The summed E-state index contributed by atoms with van der Waals surface area (Å²) in [5.74, 6) is 0.761. The van der Waals surface area contributed by atoms with Gasteiger partial charge in [0, 0.05) is 7.05 Å². The molecule has 0 radical (unpaired) electrons. The van der Waals surface area contributed by atoms with E-state index in [0.717, 1.165) is 16.9 Å². The van der Waals surface area contributed by atoms with Gasteiger partial charge in [0.15, 0.2) is 0 Å². The van der Waals surface area contributed by atoms with Gasteiger partial charge in [-0.05, 0) is 24.1 Å². The first-order valence-corrected chi connectivity index (χ1v) is 5.30. The number of nitrogens with zero attached hydrogens (tertiary/aromatic N) is 3. The lowest BCUT2D eigenvalue weighted by molar-refractivity contribution is 0.209. The normalized spacial score (nSPS) is 12.5. The van der Waals surface area contributed by atoms with E-state index in [9.17, 15) is 5.11 Å². The summed E-state index contributed by atoms with van der Waals surface area (Å²) < 4.78 is 6.79. The molecule has 0 saturated heterocycles. The first-order valence-electron chi connectivity index (χ1n) is 5.30. The van der Waals surface area contributed by atoms with Crippen LogP contribution in [0.1, 0.15) is 22.9 Å². The minimum absolute atomic E-state index is 0.649. The molecule has 0 aliphatic rings. The summed E-state index contributed by atoms with van der Waals surface area (Å²) >= 11 is 0. The fourth-order valence-corrected chi connectivity index (χ4v) is 1.72. The Kier molecular flexibility index (Phi) is 3.10. The van der Waals surface area contributed by atoms with Crippen molar-refractivity contribution in [2.45, 2.75) is 13.0 Å². The van der Waals surface area contributed by atoms with Crippen LogP contribution in [0.2, 0.25) is 0 Å². The monoisotopic (exact) mass is 233 g/mol. The number of rotatable bonds is 3. The average Bonchev–Trinajstić information content (AvgIpc) is 2.75. The molecule has 0 aliphatic carbocycles. The number of aliphatic hydroxyl groups excluding tert-OH is 1. The van der Waals surface area contributed by atoms with Crippen molar-refractivity contribution in [1.29, 1.82) is 0 Å². The molecular weight excluding hydrogens is 218 g/mol. The Balaban J connectivity index is 2.38. The zero-order chi connectivity index (χ0) is 12.4. The Labute approximate surface area is 99.7 Å². The molecular formula is C12H15N3O2. The predicted molar refractivity (Wildman–Crippen MR) is 62.8 cm³/mol. The van der Waals surface area contributed by atoms with Crippen molar-refractivity contribution in [2.75, 3.05) is 7.11 Å². The number of hydrogen-bond acceptors (Lipinski definition) is 4. The number of ether oxygens (including phenoxy) is 1. The topological polar surface area (TPSA) is 60.2 Å². The third-order valence-corrected chi connectivity index (χ3v) is 2.78. The molecule has 1 heterocycles. The average molecular weight is 233 g/mol. The Bertz CT molecular complexity index is 522. The second-order valence-corrected chi connectivity index (χ2v) is 3.91. The number of methoxy groups -OCH3 is 1. The van der Waals surface area contributed by atoms with Gasteiger partial charge in [-0.25, -0.2) is 4.68 Å². The maximum Gasteiger partial charge on any atom is 0.122 e. The molecule has 2 aromatic rings. The van der Waals surface area contributed by atoms with Gasteiger partial charge in [-0.3, -0.25) is 0 Å². The minimum Gasteiger partial charge on any atom is -0.496 e. The zero-order valence-corrected chi connectivity index (χ0v) is 10.1. The van der Waals surface area contributed by atoms with Crippen LogP contribution in [-0.4, -0.2) is 27.2 Å². The van der Waals surface area contributed by atoms with Crippen LogP contribution in [0.3, 0.4) is 0 Å². The van der Waals surface area contributed by atoms with Crippen LogP contribution in [0.15, 0.2) is 24.4 Å². The predicted octanol–water partition coefficient (Wildman–Crippen LogP) is 1.21. The Morgan fingerprint density at radius 2 is 2.18 bits per heavy atom. The maximum absolute atomic E-state index is 10.2. The number of benzene rings is 1. The van der Waals surface area contributed by atoms with Crippen molar-refractivity contribution in [2.24, 2.45) is 7.05 Å². The standard InChI is InChI=1S/C12H15N3O2/c1-8-4-5-9(6-11(8)17-3)12(16)10-7-13-14-15(10)2/h4-7,12,16H,1-3H3. The van der Waals surface area contributed by atoms with E-state index in [1.165, 1.54) is 0 Å². The van der Waals surface area contributed by atoms with E-state index in [1.807, 2.05) is 25.1 Å². The molecule has 90 valence electrons. The summed E-state index contributed by atoms with van der Waals surface area (Å²) in [5, 5.41) is 17.8. The maximum atomic E-state index is 10.2. The van der Waals surface area contributed by atoms with E-state index >= 15 is 0 Å². The van der Waals surface area contributed by atoms with Crippen molar-refractivity contribution in [3.63, 3.8) is 0 Å². The molecule has 0 saturated carbocycles. The lowest BCUT2D eigenvalue weighted by Gasteiger charge is -2.13. The van der Waals surface area contributed by atoms with Crippen LogP contribution in [0.5, 0.6) is 5.75 Å².